The van der Waals surface area contributed by atoms with Crippen LogP contribution in [0.2, 0.25) is 0 Å². The summed E-state index contributed by atoms with van der Waals surface area (Å²) in [6, 6.07) is 32.6. The Morgan fingerprint density at radius 2 is 0.828 bits per heavy atom. The molecule has 18 nitrogen and oxygen atoms in total. The summed E-state index contributed by atoms with van der Waals surface area (Å²) in [6.07, 6.45) is 3.47. The molecule has 0 atom stereocenters. The topological polar surface area (TPSA) is 302 Å². The lowest BCUT2D eigenvalue weighted by Crippen LogP contribution is -2.21. The smallest absolute Gasteiger partial charge is 0.294 e. The van der Waals surface area contributed by atoms with Gasteiger partial charge in [0.2, 0.25) is 11.2 Å². The number of amides is 2. The monoisotopic (exact) mass is 904 g/mol. The van der Waals surface area contributed by atoms with E-state index in [1.165, 1.54) is 24.3 Å². The molecule has 2 amide bonds. The molecule has 0 radical (unpaired) electrons. The predicted octanol–water partition coefficient (Wildman–Crippen LogP) is 5.60. The Kier molecular flexibility index (Phi) is 14.7. The first kappa shape index (κ1) is 47.3. The van der Waals surface area contributed by atoms with Gasteiger partial charge < -0.3 is 31.2 Å². The van der Waals surface area contributed by atoms with Gasteiger partial charge >= 0.3 is 0 Å². The third-order valence-electron chi connectivity index (χ3n) is 9.27. The fraction of sp³-hybridized carbons (Fsp3) is 0.0909. The summed E-state index contributed by atoms with van der Waals surface area (Å²) in [7, 11) is -4.60. The predicted molar refractivity (Wildman–Crippen MR) is 242 cm³/mol. The van der Waals surface area contributed by atoms with Gasteiger partial charge in [0.25, 0.3) is 32.1 Å². The van der Waals surface area contributed by atoms with Gasteiger partial charge in [-0.2, -0.15) is 26.8 Å². The summed E-state index contributed by atoms with van der Waals surface area (Å²) < 4.78 is 62.2. The van der Waals surface area contributed by atoms with Crippen LogP contribution in [0.25, 0.3) is 22.3 Å². The highest BCUT2D eigenvalue weighted by molar-refractivity contribution is 7.86. The second kappa shape index (κ2) is 19.9. The number of nitrogens with two attached hydrogens (primary N) is 2. The summed E-state index contributed by atoms with van der Waals surface area (Å²) in [5.74, 6) is -0.137. The molecule has 2 heterocycles. The van der Waals surface area contributed by atoms with E-state index in [-0.39, 0.29) is 44.5 Å². The van der Waals surface area contributed by atoms with Crippen LogP contribution in [-0.4, -0.2) is 56.9 Å². The zero-order valence-corrected chi connectivity index (χ0v) is 36.4. The lowest BCUT2D eigenvalue weighted by atomic mass is 10.1. The molecule has 10 N–H and O–H groups in total. The minimum Gasteiger partial charge on any atom is -0.383 e. The molecule has 0 fully saturated rings. The van der Waals surface area contributed by atoms with Gasteiger partial charge in [0.15, 0.2) is 0 Å². The number of nitrogens with zero attached hydrogens (tertiary/aromatic N) is 4. The number of rotatable bonds is 8. The van der Waals surface area contributed by atoms with E-state index in [4.69, 9.17) is 31.4 Å². The lowest BCUT2D eigenvalue weighted by Gasteiger charge is -2.10. The maximum Gasteiger partial charge on any atom is 0.294 e. The highest BCUT2D eigenvalue weighted by Crippen LogP contribution is 2.26. The Bertz CT molecular complexity index is 2940. The number of benzene rings is 5. The molecule has 0 saturated heterocycles. The van der Waals surface area contributed by atoms with E-state index in [1.807, 2.05) is 38.1 Å². The fourth-order valence-corrected chi connectivity index (χ4v) is 6.62. The van der Waals surface area contributed by atoms with Crippen LogP contribution in [0.5, 0.6) is 0 Å². The molecule has 7 aromatic rings. The second-order valence-corrected chi connectivity index (χ2v) is 17.0. The molecular formula is C44H44N10O8S2. The minimum absolute atomic E-state index is 0.0595. The Balaban J connectivity index is 0.000000284. The molecule has 0 saturated carbocycles. The van der Waals surface area contributed by atoms with Crippen molar-refractivity contribution < 1.29 is 35.5 Å². The molecule has 0 bridgehead atoms. The highest BCUT2D eigenvalue weighted by Gasteiger charge is 2.13. The molecule has 20 heteroatoms. The van der Waals surface area contributed by atoms with Crippen LogP contribution >= 0.6 is 0 Å². The van der Waals surface area contributed by atoms with Crippen molar-refractivity contribution in [3.8, 4) is 22.3 Å². The number of nitrogens with one attached hydrogen (secondary N) is 4. The van der Waals surface area contributed by atoms with Crippen LogP contribution < -0.4 is 33.3 Å². The van der Waals surface area contributed by atoms with Crippen molar-refractivity contribution in [2.75, 3.05) is 22.1 Å². The van der Waals surface area contributed by atoms with E-state index in [9.17, 15) is 26.4 Å². The number of anilines is 4. The Morgan fingerprint density at radius 3 is 1.11 bits per heavy atom. The van der Waals surface area contributed by atoms with Gasteiger partial charge in [-0.05, 0) is 97.8 Å². The van der Waals surface area contributed by atoms with Crippen molar-refractivity contribution in [3.05, 3.63) is 167 Å². The summed E-state index contributed by atoms with van der Waals surface area (Å²) in [5, 5.41) is 21.2. The highest BCUT2D eigenvalue weighted by atomic mass is 32.2. The van der Waals surface area contributed by atoms with Gasteiger partial charge in [-0.3, -0.25) is 29.5 Å². The third-order valence-corrected chi connectivity index (χ3v) is 11.0. The van der Waals surface area contributed by atoms with Crippen LogP contribution in [0, 0.1) is 24.7 Å². The van der Waals surface area contributed by atoms with Crippen LogP contribution in [0.4, 0.5) is 23.0 Å². The maximum absolute atomic E-state index is 12.8. The standard InChI is InChI=1S/C30H28N10O2.2C7H8O3S/c1-39-15-23(25(31)37-29(39)33)17-7-11-21(12-8-17)35-27(41)19-3-5-20(6-4-19)28(42)36-22-13-9-18(10-14-22)24-16-40(2)30(34)38-26(24)32;2*1-6-2-4-7(5-3-6)11(8,9)10/h3-16H,1-2H3,(H,35,41)(H,36,42)(H3,31,33,37)(H3,32,34,38);2*2-5H,1H3,(H,8,9,10). The zero-order valence-electron chi connectivity index (χ0n) is 34.8. The molecular weight excluding hydrogens is 861 g/mol. The second-order valence-electron chi connectivity index (χ2n) is 14.2. The van der Waals surface area contributed by atoms with Crippen molar-refractivity contribution in [3.63, 3.8) is 0 Å². The van der Waals surface area contributed by atoms with Crippen LogP contribution in [0.1, 0.15) is 31.8 Å². The molecule has 0 spiro atoms. The summed E-state index contributed by atoms with van der Waals surface area (Å²) in [6.45, 7) is 3.68. The van der Waals surface area contributed by atoms with Crippen molar-refractivity contribution in [1.82, 2.24) is 19.1 Å². The fourth-order valence-electron chi connectivity index (χ4n) is 5.66. The molecule has 0 aliphatic carbocycles. The molecule has 2 aromatic heterocycles. The van der Waals surface area contributed by atoms with E-state index < -0.39 is 20.2 Å². The molecule has 0 aliphatic heterocycles. The van der Waals surface area contributed by atoms with Crippen molar-refractivity contribution in [2.24, 2.45) is 14.1 Å². The van der Waals surface area contributed by atoms with Gasteiger partial charge in [0.05, 0.1) is 9.79 Å². The Labute approximate surface area is 368 Å². The van der Waals surface area contributed by atoms with E-state index in [0.29, 0.717) is 33.6 Å². The van der Waals surface area contributed by atoms with E-state index in [0.717, 1.165) is 22.3 Å². The Hall–Kier alpha value is -7.78. The number of hydrogen-bond donors (Lipinski definition) is 8. The van der Waals surface area contributed by atoms with E-state index in [1.54, 1.807) is 108 Å². The number of aryl methyl sites for hydroxylation is 4. The van der Waals surface area contributed by atoms with Gasteiger partial charge in [0.1, 0.15) is 11.6 Å². The van der Waals surface area contributed by atoms with Crippen LogP contribution in [0.3, 0.4) is 0 Å². The molecule has 7 rings (SSSR count). The first-order chi connectivity index (χ1) is 30.1. The van der Waals surface area contributed by atoms with Crippen molar-refractivity contribution in [1.29, 1.82) is 10.8 Å². The van der Waals surface area contributed by atoms with Crippen molar-refractivity contribution >= 4 is 55.1 Å². The normalized spacial score (nSPS) is 11.0. The van der Waals surface area contributed by atoms with Crippen LogP contribution in [0.15, 0.2) is 144 Å². The van der Waals surface area contributed by atoms with E-state index >= 15 is 0 Å². The lowest BCUT2D eigenvalue weighted by molar-refractivity contribution is 0.101. The maximum atomic E-state index is 12.8. The quantitative estimate of drug-likeness (QED) is 0.0865. The molecule has 330 valence electrons. The summed E-state index contributed by atoms with van der Waals surface area (Å²) in [5.41, 5.74) is 18.9. The number of aromatic nitrogens is 4. The Morgan fingerprint density at radius 1 is 0.531 bits per heavy atom. The summed E-state index contributed by atoms with van der Waals surface area (Å²) in [4.78, 5) is 33.5. The average molecular weight is 905 g/mol. The molecule has 5 aromatic carbocycles. The third kappa shape index (κ3) is 12.6. The SMILES string of the molecule is Cc1ccc(S(=O)(=O)O)cc1.Cc1ccc(S(=O)(=O)O)cc1.Cn1cc(-c2ccc(NC(=O)c3ccc(C(=O)Nc4ccc(-c5cn(C)c(=N)nc5N)cc4)cc3)cc2)c(N)nc1=N. The molecule has 0 unspecified atom stereocenters. The first-order valence-electron chi connectivity index (χ1n) is 18.9. The number of carbonyl (C=O) groups is 2. The first-order valence-corrected chi connectivity index (χ1v) is 21.7. The number of carbonyl (C=O) groups excluding carboxylic acids is 2. The largest absolute Gasteiger partial charge is 0.383 e. The van der Waals surface area contributed by atoms with Crippen molar-refractivity contribution in [2.45, 2.75) is 23.6 Å². The minimum atomic E-state index is -4.02. The average Bonchev–Trinajstić information content (AvgIpc) is 3.24. The van der Waals surface area contributed by atoms with E-state index in [2.05, 4.69) is 20.6 Å². The van der Waals surface area contributed by atoms with Gasteiger partial charge in [-0.25, -0.2) is 0 Å². The zero-order chi connectivity index (χ0) is 46.9. The van der Waals surface area contributed by atoms with Gasteiger partial charge in [-0.1, -0.05) is 59.7 Å². The van der Waals surface area contributed by atoms with Crippen LogP contribution in [-0.2, 0) is 34.3 Å². The molecule has 0 aliphatic rings. The number of nitrogen functional groups attached to an aromatic ring is 2. The summed E-state index contributed by atoms with van der Waals surface area (Å²) >= 11 is 0. The van der Waals surface area contributed by atoms with Gasteiger partial charge in [-0.15, -0.1) is 0 Å². The number of hydrogen-bond acceptors (Lipinski definition) is 12. The van der Waals surface area contributed by atoms with Gasteiger partial charge in [0, 0.05) is 60.1 Å². The molecule has 64 heavy (non-hydrogen) atoms.